The van der Waals surface area contributed by atoms with Crippen molar-refractivity contribution in [3.63, 3.8) is 0 Å². The number of halogens is 1. The van der Waals surface area contributed by atoms with E-state index >= 15 is 0 Å². The molecule has 0 aliphatic carbocycles. The first-order valence-corrected chi connectivity index (χ1v) is 9.19. The molecule has 0 amide bonds. The lowest BCUT2D eigenvalue weighted by molar-refractivity contribution is 1.27. The highest BCUT2D eigenvalue weighted by molar-refractivity contribution is 7.18. The minimum Gasteiger partial charge on any atom is -0.252 e. The van der Waals surface area contributed by atoms with E-state index in [9.17, 15) is 0 Å². The molecule has 23 heavy (non-hydrogen) atoms. The van der Waals surface area contributed by atoms with Gasteiger partial charge in [-0.05, 0) is 50.1 Å². The first kappa shape index (κ1) is 16.2. The van der Waals surface area contributed by atoms with E-state index in [0.717, 1.165) is 31.3 Å². The lowest BCUT2D eigenvalue weighted by Gasteiger charge is -2.02. The van der Waals surface area contributed by atoms with Crippen LogP contribution in [0.25, 0.3) is 11.3 Å². The minimum atomic E-state index is 0.765. The number of anilines is 1. The molecule has 0 saturated carbocycles. The molecule has 3 rings (SSSR count). The third-order valence-electron chi connectivity index (χ3n) is 3.56. The van der Waals surface area contributed by atoms with Gasteiger partial charge in [-0.25, -0.2) is 4.98 Å². The second kappa shape index (κ2) is 6.83. The number of aryl methyl sites for hydroxylation is 2. The second-order valence-electron chi connectivity index (χ2n) is 5.25. The highest BCUT2D eigenvalue weighted by atomic mass is 35.5. The summed E-state index contributed by atoms with van der Waals surface area (Å²) in [6, 6.07) is 10.2. The number of rotatable bonds is 4. The summed E-state index contributed by atoms with van der Waals surface area (Å²) in [7, 11) is 0. The molecule has 2 aromatic heterocycles. The van der Waals surface area contributed by atoms with E-state index in [2.05, 4.69) is 47.6 Å². The lowest BCUT2D eigenvalue weighted by atomic mass is 10.1. The normalized spacial score (nSPS) is 11.7. The molecule has 0 aliphatic rings. The predicted molar refractivity (Wildman–Crippen MR) is 102 cm³/mol. The molecule has 1 aromatic carbocycles. The molecule has 1 N–H and O–H groups in total. The summed E-state index contributed by atoms with van der Waals surface area (Å²) in [6.07, 6.45) is 0. The van der Waals surface area contributed by atoms with Crippen molar-refractivity contribution in [2.45, 2.75) is 20.8 Å². The van der Waals surface area contributed by atoms with E-state index in [-0.39, 0.29) is 0 Å². The maximum absolute atomic E-state index is 5.95. The van der Waals surface area contributed by atoms with Crippen LogP contribution in [0.5, 0.6) is 0 Å². The molecule has 0 unspecified atom stereocenters. The molecule has 0 radical (unpaired) electrons. The first-order valence-electron chi connectivity index (χ1n) is 7.12. The number of benzene rings is 1. The number of aromatic nitrogens is 1. The Morgan fingerprint density at radius 1 is 1.17 bits per heavy atom. The van der Waals surface area contributed by atoms with E-state index in [1.165, 1.54) is 22.5 Å². The van der Waals surface area contributed by atoms with E-state index in [1.54, 1.807) is 11.3 Å². The van der Waals surface area contributed by atoms with Crippen LogP contribution in [0.15, 0.2) is 40.8 Å². The zero-order chi connectivity index (χ0) is 16.4. The van der Waals surface area contributed by atoms with Crippen molar-refractivity contribution in [3.05, 3.63) is 56.1 Å². The van der Waals surface area contributed by atoms with Gasteiger partial charge in [0.05, 0.1) is 20.6 Å². The molecule has 0 fully saturated rings. The third kappa shape index (κ3) is 3.80. The van der Waals surface area contributed by atoms with Gasteiger partial charge < -0.3 is 0 Å². The Kier molecular flexibility index (Phi) is 4.80. The van der Waals surface area contributed by atoms with Crippen LogP contribution in [0, 0.1) is 13.8 Å². The van der Waals surface area contributed by atoms with Gasteiger partial charge in [-0.3, -0.25) is 5.43 Å². The Balaban J connectivity index is 1.75. The average Bonchev–Trinajstić information content (AvgIpc) is 3.17. The molecule has 3 aromatic rings. The van der Waals surface area contributed by atoms with Crippen LogP contribution in [-0.2, 0) is 0 Å². The van der Waals surface area contributed by atoms with Crippen LogP contribution >= 0.6 is 34.3 Å². The second-order valence-corrected chi connectivity index (χ2v) is 7.82. The SMILES string of the molecule is C/C(=N\Nc1nc(-c2ccc(C)c(C)c2)cs1)c1ccc(Cl)s1. The maximum atomic E-state index is 5.95. The van der Waals surface area contributed by atoms with E-state index in [0.29, 0.717) is 0 Å². The maximum Gasteiger partial charge on any atom is 0.203 e. The van der Waals surface area contributed by atoms with E-state index < -0.39 is 0 Å². The smallest absolute Gasteiger partial charge is 0.203 e. The van der Waals surface area contributed by atoms with Crippen molar-refractivity contribution in [2.75, 3.05) is 5.43 Å². The number of thiazole rings is 1. The monoisotopic (exact) mass is 361 g/mol. The Morgan fingerprint density at radius 2 is 2.00 bits per heavy atom. The number of nitrogens with one attached hydrogen (secondary N) is 1. The van der Waals surface area contributed by atoms with Gasteiger partial charge in [-0.2, -0.15) is 5.10 Å². The van der Waals surface area contributed by atoms with Gasteiger partial charge in [0.25, 0.3) is 0 Å². The third-order valence-corrected chi connectivity index (χ3v) is 5.64. The molecule has 0 bridgehead atoms. The summed E-state index contributed by atoms with van der Waals surface area (Å²) in [5, 5.41) is 7.20. The van der Waals surface area contributed by atoms with Gasteiger partial charge in [0, 0.05) is 10.9 Å². The number of hydrogen-bond donors (Lipinski definition) is 1. The zero-order valence-electron chi connectivity index (χ0n) is 13.1. The van der Waals surface area contributed by atoms with Crippen molar-refractivity contribution < 1.29 is 0 Å². The van der Waals surface area contributed by atoms with Gasteiger partial charge in [0.2, 0.25) is 5.13 Å². The molecule has 118 valence electrons. The predicted octanol–water partition coefficient (Wildman–Crippen LogP) is 5.98. The van der Waals surface area contributed by atoms with Crippen LogP contribution in [-0.4, -0.2) is 10.7 Å². The fourth-order valence-corrected chi connectivity index (χ4v) is 3.70. The van der Waals surface area contributed by atoms with Gasteiger partial charge in [0.15, 0.2) is 0 Å². The molecular formula is C17H16ClN3S2. The number of hydrogen-bond acceptors (Lipinski definition) is 5. The van der Waals surface area contributed by atoms with Gasteiger partial charge in [-0.1, -0.05) is 23.7 Å². The van der Waals surface area contributed by atoms with Crippen molar-refractivity contribution in [1.29, 1.82) is 0 Å². The number of nitrogens with zero attached hydrogens (tertiary/aromatic N) is 2. The van der Waals surface area contributed by atoms with E-state index in [1.807, 2.05) is 24.4 Å². The Bertz CT molecular complexity index is 864. The number of thiophene rings is 1. The molecule has 0 aliphatic heterocycles. The molecule has 2 heterocycles. The highest BCUT2D eigenvalue weighted by Gasteiger charge is 2.06. The van der Waals surface area contributed by atoms with Crippen LogP contribution in [0.2, 0.25) is 4.34 Å². The van der Waals surface area contributed by atoms with Crippen LogP contribution < -0.4 is 5.43 Å². The fraction of sp³-hybridized carbons (Fsp3) is 0.176. The van der Waals surface area contributed by atoms with E-state index in [4.69, 9.17) is 11.6 Å². The summed E-state index contributed by atoms with van der Waals surface area (Å²) < 4.78 is 0.765. The lowest BCUT2D eigenvalue weighted by Crippen LogP contribution is -1.97. The molecular weight excluding hydrogens is 346 g/mol. The summed E-state index contributed by atoms with van der Waals surface area (Å²) in [6.45, 7) is 6.18. The zero-order valence-corrected chi connectivity index (χ0v) is 15.4. The summed E-state index contributed by atoms with van der Waals surface area (Å²) >= 11 is 9.01. The standard InChI is InChI=1S/C17H16ClN3S2/c1-10-4-5-13(8-11(10)2)14-9-22-17(19-14)21-20-12(3)15-6-7-16(18)23-15/h4-9H,1-3H3,(H,19,21)/b20-12+. The van der Waals surface area contributed by atoms with Crippen molar-refractivity contribution in [1.82, 2.24) is 4.98 Å². The van der Waals surface area contributed by atoms with Crippen LogP contribution in [0.3, 0.4) is 0 Å². The highest BCUT2D eigenvalue weighted by Crippen LogP contribution is 2.27. The van der Waals surface area contributed by atoms with Crippen molar-refractivity contribution in [3.8, 4) is 11.3 Å². The Labute approximate surface area is 148 Å². The largest absolute Gasteiger partial charge is 0.252 e. The van der Waals surface area contributed by atoms with Crippen molar-refractivity contribution >= 4 is 45.1 Å². The van der Waals surface area contributed by atoms with Crippen LogP contribution in [0.1, 0.15) is 22.9 Å². The summed E-state index contributed by atoms with van der Waals surface area (Å²) in [5.41, 5.74) is 8.57. The van der Waals surface area contributed by atoms with Gasteiger partial charge in [0.1, 0.15) is 0 Å². The number of hydrazone groups is 1. The molecule has 0 spiro atoms. The quantitative estimate of drug-likeness (QED) is 0.458. The van der Waals surface area contributed by atoms with Gasteiger partial charge in [-0.15, -0.1) is 22.7 Å². The minimum absolute atomic E-state index is 0.765. The van der Waals surface area contributed by atoms with Crippen LogP contribution in [0.4, 0.5) is 5.13 Å². The van der Waals surface area contributed by atoms with Crippen molar-refractivity contribution in [2.24, 2.45) is 5.10 Å². The first-order chi connectivity index (χ1) is 11.0. The molecule has 3 nitrogen and oxygen atoms in total. The summed E-state index contributed by atoms with van der Waals surface area (Å²) in [4.78, 5) is 5.65. The van der Waals surface area contributed by atoms with Gasteiger partial charge >= 0.3 is 0 Å². The summed E-state index contributed by atoms with van der Waals surface area (Å²) in [5.74, 6) is 0. The topological polar surface area (TPSA) is 37.3 Å². The Morgan fingerprint density at radius 3 is 2.70 bits per heavy atom. The Hall–Kier alpha value is -1.69. The molecule has 0 atom stereocenters. The molecule has 6 heteroatoms. The molecule has 0 saturated heterocycles. The average molecular weight is 362 g/mol. The fourth-order valence-electron chi connectivity index (χ4n) is 2.05.